The van der Waals surface area contributed by atoms with E-state index < -0.39 is 13.8 Å². The van der Waals surface area contributed by atoms with Gasteiger partial charge in [-0.15, -0.1) is 0 Å². The van der Waals surface area contributed by atoms with Crippen LogP contribution in [0.15, 0.2) is 17.7 Å². The SMILES string of the molecule is CC1=C(C)C([Si](C)(C)NC(C)(C)C=O)c2cc(C)cc(C)c21. The minimum Gasteiger partial charge on any atom is -0.326 e. The van der Waals surface area contributed by atoms with Gasteiger partial charge in [0.25, 0.3) is 0 Å². The minimum atomic E-state index is -1.87. The van der Waals surface area contributed by atoms with E-state index in [-0.39, 0.29) is 0 Å². The van der Waals surface area contributed by atoms with Crippen molar-refractivity contribution in [1.82, 2.24) is 4.98 Å². The molecular formula is C19H29NOSi. The summed E-state index contributed by atoms with van der Waals surface area (Å²) in [7, 11) is -1.87. The number of fused-ring (bicyclic) bond motifs is 1. The van der Waals surface area contributed by atoms with Crippen molar-refractivity contribution >= 4 is 20.1 Å². The van der Waals surface area contributed by atoms with Crippen molar-refractivity contribution in [2.75, 3.05) is 0 Å². The molecule has 1 unspecified atom stereocenters. The van der Waals surface area contributed by atoms with Gasteiger partial charge in [-0.2, -0.15) is 0 Å². The van der Waals surface area contributed by atoms with Gasteiger partial charge < -0.3 is 9.78 Å². The summed E-state index contributed by atoms with van der Waals surface area (Å²) in [6, 6.07) is 4.62. The molecule has 1 N–H and O–H groups in total. The second-order valence-electron chi connectivity index (χ2n) is 7.97. The van der Waals surface area contributed by atoms with Gasteiger partial charge in [0.2, 0.25) is 0 Å². The lowest BCUT2D eigenvalue weighted by Crippen LogP contribution is -2.59. The molecule has 1 aliphatic carbocycles. The largest absolute Gasteiger partial charge is 0.326 e. The molecule has 0 fully saturated rings. The highest BCUT2D eigenvalue weighted by Gasteiger charge is 2.43. The van der Waals surface area contributed by atoms with Gasteiger partial charge in [0, 0.05) is 5.54 Å². The number of rotatable bonds is 4. The Kier molecular flexibility index (Phi) is 4.26. The minimum absolute atomic E-state index is 0.431. The first-order chi connectivity index (χ1) is 10.00. The van der Waals surface area contributed by atoms with Crippen LogP contribution >= 0.6 is 0 Å². The zero-order valence-corrected chi connectivity index (χ0v) is 16.2. The Morgan fingerprint density at radius 3 is 2.27 bits per heavy atom. The van der Waals surface area contributed by atoms with E-state index in [1.165, 1.54) is 33.4 Å². The highest BCUT2D eigenvalue weighted by molar-refractivity contribution is 6.77. The molecule has 120 valence electrons. The maximum atomic E-state index is 11.4. The molecule has 22 heavy (non-hydrogen) atoms. The van der Waals surface area contributed by atoms with E-state index >= 15 is 0 Å². The fourth-order valence-corrected chi connectivity index (χ4v) is 8.42. The molecule has 0 aliphatic heterocycles. The molecule has 2 rings (SSSR count). The lowest BCUT2D eigenvalue weighted by molar-refractivity contribution is -0.111. The molecule has 1 aromatic rings. The molecule has 0 heterocycles. The summed E-state index contributed by atoms with van der Waals surface area (Å²) in [5, 5.41) is 0. The number of carbonyl (C=O) groups excluding carboxylic acids is 1. The normalized spacial score (nSPS) is 18.6. The number of nitrogens with one attached hydrogen (secondary N) is 1. The maximum Gasteiger partial charge on any atom is 0.138 e. The second-order valence-corrected chi connectivity index (χ2v) is 12.2. The number of carbonyl (C=O) groups is 1. The standard InChI is InChI=1S/C19H29NOSi/c1-12-9-13(2)17-14(3)15(4)18(16(17)10-12)22(7,8)20-19(5,6)11-21/h9-11,18,20H,1-8H3. The van der Waals surface area contributed by atoms with E-state index in [2.05, 4.69) is 57.9 Å². The fraction of sp³-hybridized carbons (Fsp3) is 0.526. The summed E-state index contributed by atoms with van der Waals surface area (Å²) < 4.78 is 0. The third-order valence-electron chi connectivity index (χ3n) is 4.88. The molecule has 1 aliphatic rings. The van der Waals surface area contributed by atoms with E-state index in [0.717, 1.165) is 6.29 Å². The van der Waals surface area contributed by atoms with Crippen LogP contribution in [0.2, 0.25) is 13.1 Å². The van der Waals surface area contributed by atoms with Gasteiger partial charge in [0.05, 0.1) is 5.54 Å². The maximum absolute atomic E-state index is 11.4. The second kappa shape index (κ2) is 5.46. The number of hydrogen-bond acceptors (Lipinski definition) is 2. The predicted octanol–water partition coefficient (Wildman–Crippen LogP) is 4.51. The highest BCUT2D eigenvalue weighted by atomic mass is 28.3. The number of aryl methyl sites for hydroxylation is 2. The lowest BCUT2D eigenvalue weighted by Gasteiger charge is -2.38. The van der Waals surface area contributed by atoms with Crippen molar-refractivity contribution < 1.29 is 4.79 Å². The van der Waals surface area contributed by atoms with Crippen molar-refractivity contribution in [2.24, 2.45) is 0 Å². The summed E-state index contributed by atoms with van der Waals surface area (Å²) in [6.07, 6.45) is 1.03. The van der Waals surface area contributed by atoms with Crippen LogP contribution in [0, 0.1) is 13.8 Å². The molecule has 1 aromatic carbocycles. The molecule has 1 atom stereocenters. The molecule has 0 aromatic heterocycles. The number of hydrogen-bond donors (Lipinski definition) is 1. The zero-order valence-electron chi connectivity index (χ0n) is 15.2. The first-order valence-corrected chi connectivity index (χ1v) is 11.1. The van der Waals surface area contributed by atoms with Crippen molar-refractivity contribution in [3.05, 3.63) is 40.0 Å². The fourth-order valence-electron chi connectivity index (χ4n) is 4.25. The van der Waals surface area contributed by atoms with Crippen molar-refractivity contribution in [2.45, 2.75) is 65.7 Å². The van der Waals surface area contributed by atoms with Gasteiger partial charge in [-0.25, -0.2) is 0 Å². The van der Waals surface area contributed by atoms with E-state index in [1.54, 1.807) is 0 Å². The Hall–Kier alpha value is -1.19. The molecule has 0 bridgehead atoms. The third-order valence-corrected chi connectivity index (χ3v) is 8.36. The van der Waals surface area contributed by atoms with Crippen molar-refractivity contribution in [3.63, 3.8) is 0 Å². The summed E-state index contributed by atoms with van der Waals surface area (Å²) >= 11 is 0. The highest BCUT2D eigenvalue weighted by Crippen LogP contribution is 2.47. The molecule has 0 saturated heterocycles. The number of allylic oxidation sites excluding steroid dienone is 2. The van der Waals surface area contributed by atoms with Crippen molar-refractivity contribution in [3.8, 4) is 0 Å². The van der Waals surface area contributed by atoms with Gasteiger partial charge in [0.1, 0.15) is 14.5 Å². The van der Waals surface area contributed by atoms with Crippen LogP contribution in [-0.2, 0) is 4.79 Å². The van der Waals surface area contributed by atoms with Gasteiger partial charge in [-0.05, 0) is 63.8 Å². The van der Waals surface area contributed by atoms with Crippen LogP contribution in [0.25, 0.3) is 5.57 Å². The van der Waals surface area contributed by atoms with Crippen LogP contribution in [0.4, 0.5) is 0 Å². The molecule has 3 heteroatoms. The first-order valence-electron chi connectivity index (χ1n) is 8.05. The molecule has 0 amide bonds. The average molecular weight is 316 g/mol. The number of aldehydes is 1. The summed E-state index contributed by atoms with van der Waals surface area (Å²) in [5.41, 5.74) is 8.43. The summed E-state index contributed by atoms with van der Waals surface area (Å²) in [6.45, 7) is 17.5. The Morgan fingerprint density at radius 1 is 1.14 bits per heavy atom. The van der Waals surface area contributed by atoms with Crippen LogP contribution in [0.5, 0.6) is 0 Å². The molecule has 2 nitrogen and oxygen atoms in total. The van der Waals surface area contributed by atoms with Crippen molar-refractivity contribution in [1.29, 1.82) is 0 Å². The van der Waals surface area contributed by atoms with E-state index in [0.29, 0.717) is 5.54 Å². The Bertz CT molecular complexity index is 656. The summed E-state index contributed by atoms with van der Waals surface area (Å²) in [4.78, 5) is 15.1. The molecular weight excluding hydrogens is 286 g/mol. The molecule has 0 saturated carbocycles. The molecule has 0 radical (unpaired) electrons. The monoisotopic (exact) mass is 315 g/mol. The van der Waals surface area contributed by atoms with Gasteiger partial charge in [-0.3, -0.25) is 0 Å². The summed E-state index contributed by atoms with van der Waals surface area (Å²) in [5.74, 6) is 0. The van der Waals surface area contributed by atoms with Gasteiger partial charge in [0.15, 0.2) is 0 Å². The third kappa shape index (κ3) is 2.84. The Morgan fingerprint density at radius 2 is 1.73 bits per heavy atom. The Labute approximate surface area is 136 Å². The lowest BCUT2D eigenvalue weighted by atomic mass is 9.98. The molecule has 0 spiro atoms. The Balaban J connectivity index is 2.57. The zero-order chi connectivity index (χ0) is 16.9. The van der Waals surface area contributed by atoms with Gasteiger partial charge >= 0.3 is 0 Å². The van der Waals surface area contributed by atoms with E-state index in [9.17, 15) is 4.79 Å². The van der Waals surface area contributed by atoms with Crippen LogP contribution < -0.4 is 4.98 Å². The number of benzene rings is 1. The van der Waals surface area contributed by atoms with Gasteiger partial charge in [-0.1, -0.05) is 36.4 Å². The average Bonchev–Trinajstić information content (AvgIpc) is 2.60. The van der Waals surface area contributed by atoms with Crippen LogP contribution in [-0.4, -0.2) is 20.1 Å². The first kappa shape index (κ1) is 17.2. The smallest absolute Gasteiger partial charge is 0.138 e. The van der Waals surface area contributed by atoms with E-state index in [4.69, 9.17) is 0 Å². The topological polar surface area (TPSA) is 29.1 Å². The van der Waals surface area contributed by atoms with Crippen LogP contribution in [0.1, 0.15) is 55.5 Å². The predicted molar refractivity (Wildman–Crippen MR) is 97.7 cm³/mol. The quantitative estimate of drug-likeness (QED) is 0.654. The van der Waals surface area contributed by atoms with E-state index in [1.807, 2.05) is 13.8 Å². The van der Waals surface area contributed by atoms with Crippen LogP contribution in [0.3, 0.4) is 0 Å².